The molecule has 0 aliphatic carbocycles. The lowest BCUT2D eigenvalue weighted by Gasteiger charge is -2.23. The van der Waals surface area contributed by atoms with Crippen LogP contribution in [0.15, 0.2) is 24.3 Å². The zero-order valence-corrected chi connectivity index (χ0v) is 12.1. The summed E-state index contributed by atoms with van der Waals surface area (Å²) in [5.41, 5.74) is 1.08. The fourth-order valence-electron chi connectivity index (χ4n) is 1.82. The van der Waals surface area contributed by atoms with Gasteiger partial charge in [0.05, 0.1) is 10.2 Å². The largest absolute Gasteiger partial charge is 0.360 e. The first-order valence-electron chi connectivity index (χ1n) is 6.50. The van der Waals surface area contributed by atoms with Crippen LogP contribution < -0.4 is 5.32 Å². The standard InChI is InChI=1S/C14H21N3S/c1-4-11(2)17(3)10-9-15-14-16-12-7-5-6-8-13(12)18-14/h5-8,11H,4,9-10H2,1-3H3,(H,15,16). The Kier molecular flexibility index (Phi) is 4.55. The zero-order valence-electron chi connectivity index (χ0n) is 11.3. The van der Waals surface area contributed by atoms with Gasteiger partial charge in [-0.05, 0) is 32.5 Å². The summed E-state index contributed by atoms with van der Waals surface area (Å²) in [6.07, 6.45) is 1.19. The lowest BCUT2D eigenvalue weighted by Crippen LogP contribution is -2.32. The molecule has 1 aromatic heterocycles. The molecule has 18 heavy (non-hydrogen) atoms. The number of anilines is 1. The van der Waals surface area contributed by atoms with Crippen LogP contribution in [-0.2, 0) is 0 Å². The second kappa shape index (κ2) is 6.16. The maximum Gasteiger partial charge on any atom is 0.183 e. The van der Waals surface area contributed by atoms with E-state index in [4.69, 9.17) is 0 Å². The molecule has 0 fully saturated rings. The van der Waals surface area contributed by atoms with E-state index in [0.29, 0.717) is 6.04 Å². The maximum atomic E-state index is 4.56. The molecule has 1 aromatic carbocycles. The lowest BCUT2D eigenvalue weighted by atomic mass is 10.2. The van der Waals surface area contributed by atoms with E-state index in [0.717, 1.165) is 23.7 Å². The van der Waals surface area contributed by atoms with E-state index in [1.165, 1.54) is 11.1 Å². The number of rotatable bonds is 6. The third kappa shape index (κ3) is 3.21. The van der Waals surface area contributed by atoms with Gasteiger partial charge in [-0.3, -0.25) is 0 Å². The summed E-state index contributed by atoms with van der Waals surface area (Å²) in [6, 6.07) is 8.90. The minimum atomic E-state index is 0.641. The minimum absolute atomic E-state index is 0.641. The molecule has 1 atom stereocenters. The molecule has 3 nitrogen and oxygen atoms in total. The Morgan fingerprint density at radius 3 is 2.89 bits per heavy atom. The number of para-hydroxylation sites is 1. The molecular formula is C14H21N3S. The number of aromatic nitrogens is 1. The van der Waals surface area contributed by atoms with E-state index in [1.54, 1.807) is 11.3 Å². The number of thiazole rings is 1. The summed E-state index contributed by atoms with van der Waals surface area (Å²) in [5, 5.41) is 4.43. The van der Waals surface area contributed by atoms with E-state index in [9.17, 15) is 0 Å². The quantitative estimate of drug-likeness (QED) is 0.865. The van der Waals surface area contributed by atoms with Crippen LogP contribution in [0.1, 0.15) is 20.3 Å². The average Bonchev–Trinajstić information content (AvgIpc) is 2.80. The number of hydrogen-bond donors (Lipinski definition) is 1. The van der Waals surface area contributed by atoms with Crippen molar-refractivity contribution in [3.63, 3.8) is 0 Å². The molecule has 0 aliphatic rings. The normalized spacial score (nSPS) is 13.1. The van der Waals surface area contributed by atoms with Gasteiger partial charge in [0.1, 0.15) is 0 Å². The van der Waals surface area contributed by atoms with Crippen LogP contribution in [0.5, 0.6) is 0 Å². The van der Waals surface area contributed by atoms with E-state index in [-0.39, 0.29) is 0 Å². The number of fused-ring (bicyclic) bond motifs is 1. The molecule has 0 amide bonds. The summed E-state index contributed by atoms with van der Waals surface area (Å²) < 4.78 is 1.25. The second-order valence-electron chi connectivity index (χ2n) is 4.65. The summed E-state index contributed by atoms with van der Waals surface area (Å²) in [4.78, 5) is 6.94. The average molecular weight is 263 g/mol. The van der Waals surface area contributed by atoms with E-state index < -0.39 is 0 Å². The number of likely N-dealkylation sites (N-methyl/N-ethyl adjacent to an activating group) is 1. The highest BCUT2D eigenvalue weighted by atomic mass is 32.1. The Labute approximate surface area is 113 Å². The molecule has 0 bridgehead atoms. The molecular weight excluding hydrogens is 242 g/mol. The topological polar surface area (TPSA) is 28.2 Å². The van der Waals surface area contributed by atoms with Gasteiger partial charge in [0.2, 0.25) is 0 Å². The fourth-order valence-corrected chi connectivity index (χ4v) is 2.71. The van der Waals surface area contributed by atoms with Crippen molar-refractivity contribution in [1.82, 2.24) is 9.88 Å². The molecule has 98 valence electrons. The van der Waals surface area contributed by atoms with Crippen LogP contribution in [0.25, 0.3) is 10.2 Å². The molecule has 0 saturated heterocycles. The highest BCUT2D eigenvalue weighted by Crippen LogP contribution is 2.24. The van der Waals surface area contributed by atoms with Crippen molar-refractivity contribution in [1.29, 1.82) is 0 Å². The molecule has 0 saturated carbocycles. The van der Waals surface area contributed by atoms with Crippen molar-refractivity contribution in [3.05, 3.63) is 24.3 Å². The zero-order chi connectivity index (χ0) is 13.0. The predicted molar refractivity (Wildman–Crippen MR) is 80.5 cm³/mol. The van der Waals surface area contributed by atoms with Gasteiger partial charge < -0.3 is 10.2 Å². The Balaban J connectivity index is 1.87. The maximum absolute atomic E-state index is 4.56. The number of hydrogen-bond acceptors (Lipinski definition) is 4. The highest BCUT2D eigenvalue weighted by molar-refractivity contribution is 7.22. The first-order valence-corrected chi connectivity index (χ1v) is 7.32. The molecule has 2 rings (SSSR count). The van der Waals surface area contributed by atoms with Crippen molar-refractivity contribution in [3.8, 4) is 0 Å². The Hall–Kier alpha value is -1.13. The van der Waals surface area contributed by atoms with Gasteiger partial charge in [-0.1, -0.05) is 30.4 Å². The first kappa shape index (κ1) is 13.3. The van der Waals surface area contributed by atoms with E-state index in [1.807, 2.05) is 6.07 Å². The van der Waals surface area contributed by atoms with E-state index in [2.05, 4.69) is 54.3 Å². The smallest absolute Gasteiger partial charge is 0.183 e. The van der Waals surface area contributed by atoms with Crippen molar-refractivity contribution in [2.24, 2.45) is 0 Å². The van der Waals surface area contributed by atoms with Gasteiger partial charge in [0.15, 0.2) is 5.13 Å². The Bertz CT molecular complexity index is 461. The molecule has 0 spiro atoms. The molecule has 0 aliphatic heterocycles. The van der Waals surface area contributed by atoms with Crippen molar-refractivity contribution in [2.75, 3.05) is 25.5 Å². The third-order valence-electron chi connectivity index (χ3n) is 3.38. The minimum Gasteiger partial charge on any atom is -0.360 e. The van der Waals surface area contributed by atoms with Crippen molar-refractivity contribution < 1.29 is 0 Å². The summed E-state index contributed by atoms with van der Waals surface area (Å²) in [7, 11) is 2.17. The molecule has 2 aromatic rings. The fraction of sp³-hybridized carbons (Fsp3) is 0.500. The highest BCUT2D eigenvalue weighted by Gasteiger charge is 2.06. The van der Waals surface area contributed by atoms with Gasteiger partial charge in [-0.25, -0.2) is 4.98 Å². The van der Waals surface area contributed by atoms with Gasteiger partial charge in [0, 0.05) is 19.1 Å². The van der Waals surface area contributed by atoms with Crippen LogP contribution in [0.4, 0.5) is 5.13 Å². The number of nitrogens with one attached hydrogen (secondary N) is 1. The third-order valence-corrected chi connectivity index (χ3v) is 4.37. The Morgan fingerprint density at radius 2 is 2.17 bits per heavy atom. The van der Waals surface area contributed by atoms with Crippen LogP contribution in [-0.4, -0.2) is 36.1 Å². The van der Waals surface area contributed by atoms with Crippen LogP contribution >= 0.6 is 11.3 Å². The number of benzene rings is 1. The van der Waals surface area contributed by atoms with Crippen molar-refractivity contribution in [2.45, 2.75) is 26.3 Å². The number of nitrogens with zero attached hydrogens (tertiary/aromatic N) is 2. The Morgan fingerprint density at radius 1 is 1.39 bits per heavy atom. The summed E-state index contributed by atoms with van der Waals surface area (Å²) in [6.45, 7) is 6.48. The van der Waals surface area contributed by atoms with Gasteiger partial charge in [-0.2, -0.15) is 0 Å². The second-order valence-corrected chi connectivity index (χ2v) is 5.68. The first-order chi connectivity index (χ1) is 8.70. The van der Waals surface area contributed by atoms with Crippen LogP contribution in [0, 0.1) is 0 Å². The van der Waals surface area contributed by atoms with Gasteiger partial charge in [-0.15, -0.1) is 0 Å². The summed E-state index contributed by atoms with van der Waals surface area (Å²) >= 11 is 1.72. The molecule has 1 N–H and O–H groups in total. The summed E-state index contributed by atoms with van der Waals surface area (Å²) in [5.74, 6) is 0. The van der Waals surface area contributed by atoms with Gasteiger partial charge in [0.25, 0.3) is 0 Å². The molecule has 1 heterocycles. The lowest BCUT2D eigenvalue weighted by molar-refractivity contribution is 0.261. The molecule has 4 heteroatoms. The monoisotopic (exact) mass is 263 g/mol. The van der Waals surface area contributed by atoms with E-state index >= 15 is 0 Å². The van der Waals surface area contributed by atoms with Gasteiger partial charge >= 0.3 is 0 Å². The SMILES string of the molecule is CCC(C)N(C)CCNc1nc2ccccc2s1. The van der Waals surface area contributed by atoms with Crippen molar-refractivity contribution >= 4 is 26.7 Å². The predicted octanol–water partition coefficient (Wildman–Crippen LogP) is 3.44. The van der Waals surface area contributed by atoms with Crippen LogP contribution in [0.3, 0.4) is 0 Å². The molecule has 1 unspecified atom stereocenters. The molecule has 0 radical (unpaired) electrons. The van der Waals surface area contributed by atoms with Crippen LogP contribution in [0.2, 0.25) is 0 Å².